The second kappa shape index (κ2) is 6.61. The van der Waals surface area contributed by atoms with Crippen molar-refractivity contribution in [2.24, 2.45) is 5.16 Å². The Morgan fingerprint density at radius 3 is 2.73 bits per heavy atom. The molecule has 0 saturated carbocycles. The lowest BCUT2D eigenvalue weighted by Crippen LogP contribution is -1.90. The summed E-state index contributed by atoms with van der Waals surface area (Å²) in [6, 6.07) is 9.22. The molecule has 1 aromatic rings. The minimum absolute atomic E-state index is 0.556. The highest BCUT2D eigenvalue weighted by Gasteiger charge is 1.97. The Labute approximate surface area is 90.0 Å². The van der Waals surface area contributed by atoms with E-state index in [9.17, 15) is 0 Å². The fourth-order valence-corrected chi connectivity index (χ4v) is 1.01. The molecule has 1 aromatic carbocycles. The largest absolute Gasteiger partial charge is 0.395 e. The van der Waals surface area contributed by atoms with Gasteiger partial charge in [0, 0.05) is 5.56 Å². The van der Waals surface area contributed by atoms with Crippen LogP contribution in [-0.4, -0.2) is 12.8 Å². The van der Waals surface area contributed by atoms with Crippen LogP contribution >= 0.6 is 0 Å². The van der Waals surface area contributed by atoms with Crippen molar-refractivity contribution in [2.75, 3.05) is 6.61 Å². The van der Waals surface area contributed by atoms with Gasteiger partial charge in [-0.1, -0.05) is 36.7 Å². The molecule has 0 heterocycles. The van der Waals surface area contributed by atoms with Crippen molar-refractivity contribution in [3.8, 4) is 6.07 Å². The van der Waals surface area contributed by atoms with Gasteiger partial charge >= 0.3 is 0 Å². The average Bonchev–Trinajstić information content (AvgIpc) is 2.29. The van der Waals surface area contributed by atoms with Crippen LogP contribution in [0.3, 0.4) is 0 Å². The lowest BCUT2D eigenvalue weighted by molar-refractivity contribution is 0.143. The third-order valence-electron chi connectivity index (χ3n) is 1.87. The minimum atomic E-state index is 0.556. The molecule has 3 heteroatoms. The van der Waals surface area contributed by atoms with Crippen LogP contribution in [0.15, 0.2) is 29.4 Å². The van der Waals surface area contributed by atoms with Gasteiger partial charge in [-0.3, -0.25) is 0 Å². The molecule has 15 heavy (non-hydrogen) atoms. The molecule has 1 rings (SSSR count). The summed E-state index contributed by atoms with van der Waals surface area (Å²) in [6.45, 7) is 2.68. The molecule has 1 radical (unpaired) electrons. The molecule has 0 spiro atoms. The lowest BCUT2D eigenvalue weighted by atomic mass is 10.1. The first-order valence-corrected chi connectivity index (χ1v) is 4.95. The zero-order chi connectivity index (χ0) is 10.9. The van der Waals surface area contributed by atoms with E-state index >= 15 is 0 Å². The second-order valence-electron chi connectivity index (χ2n) is 3.05. The summed E-state index contributed by atoms with van der Waals surface area (Å²) in [4.78, 5) is 4.98. The first-order chi connectivity index (χ1) is 7.38. The van der Waals surface area contributed by atoms with Crippen LogP contribution in [0, 0.1) is 11.3 Å². The van der Waals surface area contributed by atoms with Gasteiger partial charge in [0.25, 0.3) is 0 Å². The Kier molecular flexibility index (Phi) is 4.96. The summed E-state index contributed by atoms with van der Waals surface area (Å²) < 4.78 is 0. The van der Waals surface area contributed by atoms with Gasteiger partial charge in [0.2, 0.25) is 0 Å². The fourth-order valence-electron chi connectivity index (χ4n) is 1.01. The number of rotatable bonds is 5. The Morgan fingerprint density at radius 2 is 2.07 bits per heavy atom. The van der Waals surface area contributed by atoms with E-state index in [0.29, 0.717) is 17.7 Å². The molecule has 0 N–H and O–H groups in total. The zero-order valence-corrected chi connectivity index (χ0v) is 8.73. The monoisotopic (exact) mass is 201 g/mol. The molecule has 0 saturated heterocycles. The van der Waals surface area contributed by atoms with Crippen molar-refractivity contribution in [1.82, 2.24) is 0 Å². The summed E-state index contributed by atoms with van der Waals surface area (Å²) >= 11 is 0. The first kappa shape index (κ1) is 11.3. The number of nitriles is 1. The average molecular weight is 201 g/mol. The van der Waals surface area contributed by atoms with E-state index in [1.807, 2.05) is 12.1 Å². The Morgan fingerprint density at radius 1 is 1.33 bits per heavy atom. The van der Waals surface area contributed by atoms with Crippen molar-refractivity contribution in [2.45, 2.75) is 19.8 Å². The maximum Gasteiger partial charge on any atom is 0.141 e. The van der Waals surface area contributed by atoms with Gasteiger partial charge in [-0.15, -0.1) is 0 Å². The van der Waals surface area contributed by atoms with Crippen molar-refractivity contribution >= 4 is 6.21 Å². The number of hydrogen-bond acceptors (Lipinski definition) is 3. The van der Waals surface area contributed by atoms with Gasteiger partial charge in [-0.05, 0) is 12.5 Å². The van der Waals surface area contributed by atoms with Gasteiger partial charge in [0.05, 0.1) is 11.6 Å². The van der Waals surface area contributed by atoms with Gasteiger partial charge in [0.1, 0.15) is 12.8 Å². The second-order valence-corrected chi connectivity index (χ2v) is 3.05. The van der Waals surface area contributed by atoms with Gasteiger partial charge in [-0.2, -0.15) is 5.26 Å². The van der Waals surface area contributed by atoms with Crippen LogP contribution in [0.1, 0.15) is 30.9 Å². The van der Waals surface area contributed by atoms with Crippen LogP contribution in [0.25, 0.3) is 0 Å². The highest BCUT2D eigenvalue weighted by atomic mass is 16.6. The maximum absolute atomic E-state index is 8.79. The lowest BCUT2D eigenvalue weighted by Gasteiger charge is -1.96. The summed E-state index contributed by atoms with van der Waals surface area (Å²) in [5.41, 5.74) is 1.22. The highest BCUT2D eigenvalue weighted by molar-refractivity contribution is 5.82. The van der Waals surface area contributed by atoms with Crippen molar-refractivity contribution in [1.29, 1.82) is 5.26 Å². The molecule has 0 amide bonds. The van der Waals surface area contributed by atoms with Gasteiger partial charge in [-0.25, -0.2) is 0 Å². The molecule has 0 fully saturated rings. The smallest absolute Gasteiger partial charge is 0.141 e. The molecule has 0 aliphatic carbocycles. The van der Waals surface area contributed by atoms with Crippen LogP contribution in [0.4, 0.5) is 0 Å². The first-order valence-electron chi connectivity index (χ1n) is 4.95. The van der Waals surface area contributed by atoms with Crippen molar-refractivity contribution in [3.63, 3.8) is 0 Å². The van der Waals surface area contributed by atoms with E-state index in [2.05, 4.69) is 24.4 Å². The topological polar surface area (TPSA) is 45.4 Å². The standard InChI is InChI=1S/C12H13N2O/c1-2-3-8-15-14-10-12-7-5-4-6-11(12)9-13/h4-7H,2-3,8H2,1H3. The number of unbranched alkanes of at least 4 members (excludes halogenated alkanes) is 1. The van der Waals surface area contributed by atoms with E-state index in [-0.39, 0.29) is 0 Å². The fraction of sp³-hybridized carbons (Fsp3) is 0.333. The molecule has 0 aromatic heterocycles. The molecule has 0 aliphatic heterocycles. The summed E-state index contributed by atoms with van der Waals surface area (Å²) in [7, 11) is 0. The quantitative estimate of drug-likeness (QED) is 0.417. The summed E-state index contributed by atoms with van der Waals surface area (Å²) in [5.74, 6) is 0. The van der Waals surface area contributed by atoms with Crippen LogP contribution < -0.4 is 0 Å². The van der Waals surface area contributed by atoms with Crippen LogP contribution in [0.5, 0.6) is 0 Å². The number of hydrogen-bond donors (Lipinski definition) is 0. The third kappa shape index (κ3) is 3.82. The minimum Gasteiger partial charge on any atom is -0.395 e. The molecule has 0 bridgehead atoms. The number of nitrogens with zero attached hydrogens (tertiary/aromatic N) is 2. The molecule has 77 valence electrons. The Hall–Kier alpha value is -1.82. The summed E-state index contributed by atoms with van der Waals surface area (Å²) in [6.07, 6.45) is 4.75. The van der Waals surface area contributed by atoms with Crippen molar-refractivity contribution < 1.29 is 4.84 Å². The molecule has 0 aliphatic rings. The predicted molar refractivity (Wildman–Crippen MR) is 58.6 cm³/mol. The zero-order valence-electron chi connectivity index (χ0n) is 8.73. The SMILES string of the molecule is CCCCO/N=[C]\c1ccccc1C#N. The molecular formula is C12H13N2O. The highest BCUT2D eigenvalue weighted by Crippen LogP contribution is 2.04. The summed E-state index contributed by atoms with van der Waals surface area (Å²) in [5, 5.41) is 12.5. The van der Waals surface area contributed by atoms with Crippen molar-refractivity contribution in [3.05, 3.63) is 35.4 Å². The Balaban J connectivity index is 2.53. The van der Waals surface area contributed by atoms with Gasteiger partial charge in [0.15, 0.2) is 0 Å². The molecular weight excluding hydrogens is 188 g/mol. The van der Waals surface area contributed by atoms with E-state index in [4.69, 9.17) is 10.1 Å². The molecule has 3 nitrogen and oxygen atoms in total. The van der Waals surface area contributed by atoms with Crippen LogP contribution in [0.2, 0.25) is 0 Å². The molecule has 0 atom stereocenters. The maximum atomic E-state index is 8.79. The van der Waals surface area contributed by atoms with E-state index in [1.54, 1.807) is 12.1 Å². The Bertz CT molecular complexity index is 366. The predicted octanol–water partition coefficient (Wildman–Crippen LogP) is 2.59. The van der Waals surface area contributed by atoms with E-state index < -0.39 is 0 Å². The van der Waals surface area contributed by atoms with Crippen LogP contribution in [-0.2, 0) is 4.84 Å². The van der Waals surface area contributed by atoms with E-state index in [1.165, 1.54) is 0 Å². The third-order valence-corrected chi connectivity index (χ3v) is 1.87. The number of benzene rings is 1. The van der Waals surface area contributed by atoms with E-state index in [0.717, 1.165) is 12.8 Å². The van der Waals surface area contributed by atoms with Gasteiger partial charge < -0.3 is 4.84 Å². The molecule has 0 unspecified atom stereocenters. The normalized spacial score (nSPS) is 10.1.